The third-order valence-electron chi connectivity index (χ3n) is 6.35. The van der Waals surface area contributed by atoms with Crippen molar-refractivity contribution in [1.82, 2.24) is 20.0 Å². The van der Waals surface area contributed by atoms with E-state index in [0.29, 0.717) is 28.7 Å². The number of nitrogens with one attached hydrogen (secondary N) is 2. The zero-order valence-electron chi connectivity index (χ0n) is 18.2. The molecule has 1 aliphatic heterocycles. The van der Waals surface area contributed by atoms with E-state index in [-0.39, 0.29) is 17.4 Å². The lowest BCUT2D eigenvalue weighted by Gasteiger charge is -2.45. The number of amides is 2. The zero-order chi connectivity index (χ0) is 23.2. The quantitative estimate of drug-likeness (QED) is 0.540. The van der Waals surface area contributed by atoms with E-state index in [2.05, 4.69) is 20.3 Å². The summed E-state index contributed by atoms with van der Waals surface area (Å²) >= 11 is 0. The summed E-state index contributed by atoms with van der Waals surface area (Å²) in [4.78, 5) is 34.6. The van der Waals surface area contributed by atoms with Gasteiger partial charge in [-0.2, -0.15) is 4.98 Å². The first-order valence-electron chi connectivity index (χ1n) is 10.9. The Morgan fingerprint density at radius 1 is 1.18 bits per heavy atom. The van der Waals surface area contributed by atoms with Gasteiger partial charge < -0.3 is 9.88 Å². The molecule has 1 atom stereocenters. The van der Waals surface area contributed by atoms with Crippen molar-refractivity contribution in [3.8, 4) is 0 Å². The topological polar surface area (TPSA) is 135 Å². The highest BCUT2D eigenvalue weighted by Gasteiger charge is 2.45. The number of carbonyl (C=O) groups is 2. The van der Waals surface area contributed by atoms with Crippen LogP contribution in [0.4, 0.5) is 17.5 Å². The zero-order valence-corrected chi connectivity index (χ0v) is 19.0. The molecule has 2 aliphatic rings. The molecular weight excluding hydrogens is 442 g/mol. The minimum absolute atomic E-state index is 0.119. The van der Waals surface area contributed by atoms with Crippen LogP contribution in [0.1, 0.15) is 45.4 Å². The van der Waals surface area contributed by atoms with E-state index >= 15 is 0 Å². The molecule has 1 saturated carbocycles. The highest BCUT2D eigenvalue weighted by Crippen LogP contribution is 2.46. The van der Waals surface area contributed by atoms with Crippen molar-refractivity contribution in [3.05, 3.63) is 36.5 Å². The normalized spacial score (nSPS) is 18.2. The number of carbonyl (C=O) groups excluding carboxylic acids is 2. The number of aromatic nitrogens is 3. The molecule has 1 unspecified atom stereocenters. The van der Waals surface area contributed by atoms with Crippen molar-refractivity contribution in [3.63, 3.8) is 0 Å². The highest BCUT2D eigenvalue weighted by atomic mass is 32.2. The number of fused-ring (bicyclic) bond motifs is 4. The first kappa shape index (κ1) is 21.5. The first-order chi connectivity index (χ1) is 15.9. The van der Waals surface area contributed by atoms with Crippen LogP contribution in [0.15, 0.2) is 41.4 Å². The summed E-state index contributed by atoms with van der Waals surface area (Å²) < 4.78 is 13.5. The van der Waals surface area contributed by atoms with E-state index in [1.165, 1.54) is 11.9 Å². The maximum absolute atomic E-state index is 13.0. The van der Waals surface area contributed by atoms with Crippen LogP contribution in [0.2, 0.25) is 0 Å². The third-order valence-corrected chi connectivity index (χ3v) is 7.09. The molecule has 0 bridgehead atoms. The predicted octanol–water partition coefficient (Wildman–Crippen LogP) is 2.60. The van der Waals surface area contributed by atoms with Gasteiger partial charge in [-0.25, -0.2) is 19.3 Å². The number of benzene rings is 1. The number of nitrogens with two attached hydrogens (primary N) is 1. The van der Waals surface area contributed by atoms with E-state index < -0.39 is 11.0 Å². The molecule has 2 aromatic heterocycles. The summed E-state index contributed by atoms with van der Waals surface area (Å²) in [6.45, 7) is 1.39. The number of hydrazine groups is 1. The van der Waals surface area contributed by atoms with E-state index in [4.69, 9.17) is 10.1 Å². The molecule has 5 rings (SSSR count). The Kier molecular flexibility index (Phi) is 5.37. The Labute approximate surface area is 193 Å². The van der Waals surface area contributed by atoms with Gasteiger partial charge in [0.05, 0.1) is 16.9 Å². The van der Waals surface area contributed by atoms with Crippen LogP contribution in [0.25, 0.3) is 11.0 Å². The third kappa shape index (κ3) is 3.87. The lowest BCUT2D eigenvalue weighted by Crippen LogP contribution is -2.55. The number of hydrogen-bond acceptors (Lipinski definition) is 6. The van der Waals surface area contributed by atoms with Gasteiger partial charge in [0.2, 0.25) is 17.8 Å². The Bertz CT molecular complexity index is 1260. The van der Waals surface area contributed by atoms with Crippen LogP contribution in [0, 0.1) is 0 Å². The Morgan fingerprint density at radius 3 is 2.58 bits per heavy atom. The van der Waals surface area contributed by atoms with Gasteiger partial charge in [0, 0.05) is 24.2 Å². The van der Waals surface area contributed by atoms with Gasteiger partial charge in [0.25, 0.3) is 0 Å². The summed E-state index contributed by atoms with van der Waals surface area (Å²) in [5.74, 6) is 0.583. The molecule has 4 N–H and O–H groups in total. The number of nitrogens with zero attached hydrogens (tertiary/aromatic N) is 4. The molecule has 1 aromatic carbocycles. The maximum atomic E-state index is 13.0. The van der Waals surface area contributed by atoms with Crippen LogP contribution < -0.4 is 20.9 Å². The van der Waals surface area contributed by atoms with E-state index in [9.17, 15) is 13.8 Å². The molecule has 1 spiro atoms. The highest BCUT2D eigenvalue weighted by molar-refractivity contribution is 7.82. The maximum Gasteiger partial charge on any atom is 0.249 e. The van der Waals surface area contributed by atoms with Crippen molar-refractivity contribution >= 4 is 51.3 Å². The minimum Gasteiger partial charge on any atom is -0.324 e. The van der Waals surface area contributed by atoms with E-state index in [0.717, 1.165) is 43.2 Å². The molecule has 1 aliphatic carbocycles. The summed E-state index contributed by atoms with van der Waals surface area (Å²) in [6.07, 6.45) is 7.02. The molecule has 2 amide bonds. The second kappa shape index (κ2) is 8.23. The number of anilines is 3. The standard InChI is InChI=1S/C22H25N7O3S/c1-14(30)27-29-18-11-15-13-24-21(25-16-5-7-17(8-6-16)33(23)32)26-20(15)28(18)22(12-19(29)31)9-3-2-4-10-22/h5-8,11,13H,2-4,9-10,12,23H2,1H3,(H,27,30)(H,24,25,26). The molecule has 10 nitrogen and oxygen atoms in total. The summed E-state index contributed by atoms with van der Waals surface area (Å²) in [5.41, 5.74) is 3.75. The molecule has 33 heavy (non-hydrogen) atoms. The van der Waals surface area contributed by atoms with Gasteiger partial charge in [-0.3, -0.25) is 15.0 Å². The molecule has 11 heteroatoms. The van der Waals surface area contributed by atoms with Crippen LogP contribution in [0.3, 0.4) is 0 Å². The fraction of sp³-hybridized carbons (Fsp3) is 0.364. The molecule has 0 saturated heterocycles. The average molecular weight is 468 g/mol. The second-order valence-electron chi connectivity index (χ2n) is 8.62. The average Bonchev–Trinajstić information content (AvgIpc) is 3.17. The Hall–Kier alpha value is -3.31. The van der Waals surface area contributed by atoms with Crippen molar-refractivity contribution in [1.29, 1.82) is 0 Å². The van der Waals surface area contributed by atoms with Gasteiger partial charge in [-0.05, 0) is 43.2 Å². The lowest BCUT2D eigenvalue weighted by atomic mass is 9.78. The van der Waals surface area contributed by atoms with Gasteiger partial charge in [0.15, 0.2) is 0 Å². The Morgan fingerprint density at radius 2 is 1.91 bits per heavy atom. The van der Waals surface area contributed by atoms with Gasteiger partial charge in [-0.1, -0.05) is 19.3 Å². The minimum atomic E-state index is -1.54. The van der Waals surface area contributed by atoms with Crippen molar-refractivity contribution in [2.75, 3.05) is 10.3 Å². The molecule has 172 valence electrons. The largest absolute Gasteiger partial charge is 0.324 e. The predicted molar refractivity (Wildman–Crippen MR) is 125 cm³/mol. The van der Waals surface area contributed by atoms with Gasteiger partial charge >= 0.3 is 0 Å². The van der Waals surface area contributed by atoms with Crippen molar-refractivity contribution < 1.29 is 13.8 Å². The molecule has 3 heterocycles. The smallest absolute Gasteiger partial charge is 0.249 e. The van der Waals surface area contributed by atoms with Gasteiger partial charge in [-0.15, -0.1) is 0 Å². The fourth-order valence-corrected chi connectivity index (χ4v) is 5.33. The number of rotatable bonds is 4. The van der Waals surface area contributed by atoms with Crippen LogP contribution in [-0.2, 0) is 26.1 Å². The number of hydrogen-bond donors (Lipinski definition) is 3. The van der Waals surface area contributed by atoms with Crippen LogP contribution in [-0.4, -0.2) is 30.6 Å². The van der Waals surface area contributed by atoms with E-state index in [1.807, 2.05) is 6.07 Å². The van der Waals surface area contributed by atoms with Crippen LogP contribution >= 0.6 is 0 Å². The second-order valence-corrected chi connectivity index (χ2v) is 9.68. The molecular formula is C22H25N7O3S. The molecule has 0 radical (unpaired) electrons. The monoisotopic (exact) mass is 467 g/mol. The first-order valence-corrected chi connectivity index (χ1v) is 12.1. The molecule has 3 aromatic rings. The lowest BCUT2D eigenvalue weighted by molar-refractivity contribution is -0.127. The van der Waals surface area contributed by atoms with Crippen molar-refractivity contribution in [2.24, 2.45) is 5.14 Å². The van der Waals surface area contributed by atoms with Crippen molar-refractivity contribution in [2.45, 2.75) is 55.9 Å². The Balaban J connectivity index is 1.59. The van der Waals surface area contributed by atoms with E-state index in [1.54, 1.807) is 30.5 Å². The van der Waals surface area contributed by atoms with Crippen LogP contribution in [0.5, 0.6) is 0 Å². The SMILES string of the molecule is CC(=O)NN1C(=O)CC2(CCCCC2)n2c1cc1cnc(Nc3ccc(S(N)=O)cc3)nc12. The van der Waals surface area contributed by atoms with Gasteiger partial charge in [0.1, 0.15) is 22.5 Å². The summed E-state index contributed by atoms with van der Waals surface area (Å²) in [7, 11) is -1.54. The fourth-order valence-electron chi connectivity index (χ4n) is 4.92. The molecule has 1 fully saturated rings. The summed E-state index contributed by atoms with van der Waals surface area (Å²) in [6, 6.07) is 8.75. The summed E-state index contributed by atoms with van der Waals surface area (Å²) in [5, 5.41) is 10.7.